The maximum atomic E-state index is 5.76. The largest absolute Gasteiger partial charge is 0.381 e. The number of ether oxygens (including phenoxy) is 1. The maximum absolute atomic E-state index is 5.76. The molecule has 2 nitrogen and oxygen atoms in total. The summed E-state index contributed by atoms with van der Waals surface area (Å²) in [5.41, 5.74) is 3.86. The molecule has 146 valence electrons. The first kappa shape index (κ1) is 17.9. The third-order valence-corrected chi connectivity index (χ3v) is 9.50. The Kier molecular flexibility index (Phi) is 4.27. The van der Waals surface area contributed by atoms with Crippen LogP contribution in [0.5, 0.6) is 0 Å². The van der Waals surface area contributed by atoms with Crippen LogP contribution in [0, 0.1) is 34.5 Å². The van der Waals surface area contributed by atoms with Gasteiger partial charge in [0, 0.05) is 19.5 Å². The lowest BCUT2D eigenvalue weighted by molar-refractivity contribution is -0.120. The second-order valence-corrected chi connectivity index (χ2v) is 10.3. The molecule has 0 N–H and O–H groups in total. The first-order chi connectivity index (χ1) is 13.1. The molecule has 2 heteroatoms. The van der Waals surface area contributed by atoms with Gasteiger partial charge in [-0.1, -0.05) is 26.0 Å². The molecule has 1 heterocycles. The van der Waals surface area contributed by atoms with Crippen molar-refractivity contribution >= 4 is 5.57 Å². The molecule has 3 saturated carbocycles. The highest BCUT2D eigenvalue weighted by molar-refractivity contribution is 5.72. The summed E-state index contributed by atoms with van der Waals surface area (Å²) in [5, 5.41) is 0. The first-order valence-corrected chi connectivity index (χ1v) is 11.2. The van der Waals surface area contributed by atoms with Crippen molar-refractivity contribution < 1.29 is 4.74 Å². The van der Waals surface area contributed by atoms with Crippen molar-refractivity contribution in [2.45, 2.75) is 71.3 Å². The van der Waals surface area contributed by atoms with Gasteiger partial charge in [0.1, 0.15) is 0 Å². The third-order valence-electron chi connectivity index (χ3n) is 9.50. The normalized spacial score (nSPS) is 46.2. The molecule has 3 fully saturated rings. The fourth-order valence-electron chi connectivity index (χ4n) is 7.97. The number of methoxy groups -OCH3 is 1. The molecule has 2 unspecified atom stereocenters. The monoisotopic (exact) mass is 365 g/mol. The lowest BCUT2D eigenvalue weighted by Gasteiger charge is -2.61. The van der Waals surface area contributed by atoms with Gasteiger partial charge in [0.2, 0.25) is 0 Å². The van der Waals surface area contributed by atoms with E-state index in [1.807, 2.05) is 13.3 Å². The fourth-order valence-corrected chi connectivity index (χ4v) is 7.97. The molecule has 1 aromatic heterocycles. The van der Waals surface area contributed by atoms with E-state index in [2.05, 4.69) is 43.2 Å². The van der Waals surface area contributed by atoms with Crippen molar-refractivity contribution in [1.29, 1.82) is 0 Å². The number of hydrogen-bond donors (Lipinski definition) is 0. The van der Waals surface area contributed by atoms with Crippen LogP contribution in [0.1, 0.15) is 70.8 Å². The Balaban J connectivity index is 1.42. The molecule has 0 aliphatic heterocycles. The summed E-state index contributed by atoms with van der Waals surface area (Å²) < 4.78 is 5.76. The molecule has 4 aliphatic rings. The highest BCUT2D eigenvalue weighted by Gasteiger charge is 2.58. The molecule has 4 aliphatic carbocycles. The van der Waals surface area contributed by atoms with Crippen molar-refractivity contribution in [3.8, 4) is 0 Å². The van der Waals surface area contributed by atoms with Crippen molar-refractivity contribution in [2.75, 3.05) is 7.11 Å². The summed E-state index contributed by atoms with van der Waals surface area (Å²) in [6, 6.07) is 4.36. The Morgan fingerprint density at radius 1 is 1.07 bits per heavy atom. The summed E-state index contributed by atoms with van der Waals surface area (Å²) in [6.07, 6.45) is 17.9. The number of allylic oxidation sites excluding steroid dienone is 2. The van der Waals surface area contributed by atoms with E-state index < -0.39 is 0 Å². The lowest BCUT2D eigenvalue weighted by Crippen LogP contribution is -2.53. The van der Waals surface area contributed by atoms with E-state index in [0.29, 0.717) is 16.9 Å². The molecule has 0 saturated heterocycles. The summed E-state index contributed by atoms with van der Waals surface area (Å²) in [6.45, 7) is 5.21. The quantitative estimate of drug-likeness (QED) is 0.628. The van der Waals surface area contributed by atoms with Crippen molar-refractivity contribution in [3.05, 3.63) is 36.2 Å². The Hall–Kier alpha value is -1.15. The van der Waals surface area contributed by atoms with Crippen LogP contribution in [0.3, 0.4) is 0 Å². The molecule has 5 rings (SSSR count). The number of hydrogen-bond acceptors (Lipinski definition) is 2. The van der Waals surface area contributed by atoms with Crippen LogP contribution >= 0.6 is 0 Å². The van der Waals surface area contributed by atoms with Crippen LogP contribution in [0.25, 0.3) is 5.57 Å². The molecule has 0 radical (unpaired) electrons. The zero-order valence-electron chi connectivity index (χ0n) is 17.3. The van der Waals surface area contributed by atoms with E-state index in [9.17, 15) is 0 Å². The van der Waals surface area contributed by atoms with Gasteiger partial charge in [0.25, 0.3) is 0 Å². The minimum absolute atomic E-state index is 0.358. The SMILES string of the molecule is COC1CC[C@@]2(C)C(CC[C@@H]3[C@H]2CC[C@]2(C)C(c4cccnc4)=CC[C@@H]32)C1. The predicted molar refractivity (Wildman–Crippen MR) is 110 cm³/mol. The van der Waals surface area contributed by atoms with Gasteiger partial charge in [0.15, 0.2) is 0 Å². The number of nitrogens with zero attached hydrogens (tertiary/aromatic N) is 1. The van der Waals surface area contributed by atoms with Gasteiger partial charge in [-0.2, -0.15) is 0 Å². The molecule has 1 aromatic rings. The Labute approximate surface area is 164 Å². The second-order valence-electron chi connectivity index (χ2n) is 10.3. The van der Waals surface area contributed by atoms with Crippen LogP contribution in [-0.4, -0.2) is 18.2 Å². The fraction of sp³-hybridized carbons (Fsp3) is 0.720. The third kappa shape index (κ3) is 2.58. The molecule has 7 atom stereocenters. The van der Waals surface area contributed by atoms with Gasteiger partial charge in [-0.05, 0) is 103 Å². The molecule has 0 bridgehead atoms. The molecular formula is C25H35NO. The Morgan fingerprint density at radius 2 is 1.96 bits per heavy atom. The maximum Gasteiger partial charge on any atom is 0.0574 e. The van der Waals surface area contributed by atoms with Crippen LogP contribution in [0.4, 0.5) is 0 Å². The average Bonchev–Trinajstić information content (AvgIpc) is 3.05. The summed E-state index contributed by atoms with van der Waals surface area (Å²) in [5.74, 6) is 3.56. The number of rotatable bonds is 2. The van der Waals surface area contributed by atoms with E-state index >= 15 is 0 Å². The zero-order valence-corrected chi connectivity index (χ0v) is 17.3. The molecule has 0 amide bonds. The van der Waals surface area contributed by atoms with Crippen molar-refractivity contribution in [2.24, 2.45) is 34.5 Å². The van der Waals surface area contributed by atoms with Crippen molar-refractivity contribution in [1.82, 2.24) is 4.98 Å². The highest BCUT2D eigenvalue weighted by Crippen LogP contribution is 2.67. The minimum atomic E-state index is 0.358. The molecule has 0 spiro atoms. The number of fused-ring (bicyclic) bond motifs is 5. The summed E-state index contributed by atoms with van der Waals surface area (Å²) in [4.78, 5) is 4.41. The topological polar surface area (TPSA) is 22.1 Å². The van der Waals surface area contributed by atoms with E-state index in [1.54, 1.807) is 5.57 Å². The Bertz CT molecular complexity index is 727. The zero-order chi connectivity index (χ0) is 18.6. The van der Waals surface area contributed by atoms with Gasteiger partial charge in [-0.25, -0.2) is 0 Å². The molecule has 0 aromatic carbocycles. The van der Waals surface area contributed by atoms with Gasteiger partial charge in [0.05, 0.1) is 6.10 Å². The number of aromatic nitrogens is 1. The van der Waals surface area contributed by atoms with Crippen molar-refractivity contribution in [3.63, 3.8) is 0 Å². The minimum Gasteiger partial charge on any atom is -0.381 e. The van der Waals surface area contributed by atoms with Crippen LogP contribution in [0.2, 0.25) is 0 Å². The van der Waals surface area contributed by atoms with Gasteiger partial charge in [-0.15, -0.1) is 0 Å². The van der Waals surface area contributed by atoms with Crippen LogP contribution in [-0.2, 0) is 4.74 Å². The molecular weight excluding hydrogens is 330 g/mol. The second kappa shape index (κ2) is 6.44. The smallest absolute Gasteiger partial charge is 0.0574 e. The average molecular weight is 366 g/mol. The number of pyridine rings is 1. The predicted octanol–water partition coefficient (Wildman–Crippen LogP) is 6.13. The van der Waals surface area contributed by atoms with Crippen LogP contribution < -0.4 is 0 Å². The van der Waals surface area contributed by atoms with Gasteiger partial charge < -0.3 is 4.74 Å². The van der Waals surface area contributed by atoms with E-state index in [4.69, 9.17) is 4.74 Å². The standard InChI is InChI=1S/C25H35NO/c1-24-12-10-19(27-3)15-18(24)6-7-20-22-9-8-21(17-5-4-14-26-16-17)25(22,2)13-11-23(20)24/h4-5,8,14,16,18-20,22-23H,6-7,9-13,15H2,1-3H3/t18?,19?,20-,22-,23+,24-,25+/m0/s1. The van der Waals surface area contributed by atoms with Crippen LogP contribution in [0.15, 0.2) is 30.6 Å². The summed E-state index contributed by atoms with van der Waals surface area (Å²) >= 11 is 0. The Morgan fingerprint density at radius 3 is 2.74 bits per heavy atom. The van der Waals surface area contributed by atoms with Gasteiger partial charge in [-0.3, -0.25) is 4.98 Å². The summed E-state index contributed by atoms with van der Waals surface area (Å²) in [7, 11) is 1.91. The molecule has 27 heavy (non-hydrogen) atoms. The lowest BCUT2D eigenvalue weighted by atomic mass is 9.44. The van der Waals surface area contributed by atoms with E-state index in [1.165, 1.54) is 56.9 Å². The van der Waals surface area contributed by atoms with E-state index in [0.717, 1.165) is 23.7 Å². The highest BCUT2D eigenvalue weighted by atomic mass is 16.5. The van der Waals surface area contributed by atoms with Gasteiger partial charge >= 0.3 is 0 Å². The van der Waals surface area contributed by atoms with E-state index in [-0.39, 0.29) is 0 Å². The first-order valence-electron chi connectivity index (χ1n) is 11.2.